The van der Waals surface area contributed by atoms with Crippen molar-refractivity contribution < 1.29 is 5.11 Å². The largest absolute Gasteiger partial charge is 0.380 e. The van der Waals surface area contributed by atoms with Crippen LogP contribution in [0, 0.1) is 0 Å². The molecule has 1 unspecified atom stereocenters. The van der Waals surface area contributed by atoms with Gasteiger partial charge in [0.2, 0.25) is 0 Å². The molecule has 0 radical (unpaired) electrons. The molecule has 1 aromatic carbocycles. The van der Waals surface area contributed by atoms with Crippen molar-refractivity contribution in [2.24, 2.45) is 0 Å². The van der Waals surface area contributed by atoms with E-state index in [0.29, 0.717) is 44.1 Å². The van der Waals surface area contributed by atoms with E-state index in [9.17, 15) is 5.11 Å². The molecule has 0 saturated heterocycles. The molecule has 6 rings (SSSR count). The third-order valence-electron chi connectivity index (χ3n) is 5.70. The quantitative estimate of drug-likeness (QED) is 0.320. The van der Waals surface area contributed by atoms with Crippen LogP contribution in [0.4, 0.5) is 11.5 Å². The number of aromatic nitrogens is 7. The molecule has 5 heterocycles. The molecule has 6 aromatic rings. The summed E-state index contributed by atoms with van der Waals surface area (Å²) < 4.78 is 0. The molecule has 0 fully saturated rings. The molecule has 0 amide bonds. The van der Waals surface area contributed by atoms with E-state index in [2.05, 4.69) is 34.9 Å². The Bertz CT molecular complexity index is 1700. The number of rotatable bonds is 4. The summed E-state index contributed by atoms with van der Waals surface area (Å²) in [6, 6.07) is 9.21. The SMILES string of the molecule is CN(c1cnc2[nH]cc(Cl)c2c1)c1ncnc2nc(C(O)c3ccc4ncc(Cl)cc4c3)[nH]c12. The van der Waals surface area contributed by atoms with Gasteiger partial charge in [0.25, 0.3) is 0 Å². The van der Waals surface area contributed by atoms with Crippen LogP contribution in [0.3, 0.4) is 0 Å². The third kappa shape index (κ3) is 3.41. The summed E-state index contributed by atoms with van der Waals surface area (Å²) in [4.78, 5) is 30.0. The predicted octanol–water partition coefficient (Wildman–Crippen LogP) is 4.93. The number of anilines is 2. The fourth-order valence-electron chi connectivity index (χ4n) is 3.93. The van der Waals surface area contributed by atoms with E-state index in [4.69, 9.17) is 23.2 Å². The minimum atomic E-state index is -1.01. The van der Waals surface area contributed by atoms with Gasteiger partial charge < -0.3 is 20.0 Å². The molecule has 34 heavy (non-hydrogen) atoms. The van der Waals surface area contributed by atoms with Gasteiger partial charge in [-0.3, -0.25) is 4.98 Å². The zero-order chi connectivity index (χ0) is 23.4. The second kappa shape index (κ2) is 7.91. The van der Waals surface area contributed by atoms with Crippen LogP contribution >= 0.6 is 23.2 Å². The van der Waals surface area contributed by atoms with Gasteiger partial charge in [0.1, 0.15) is 29.4 Å². The Morgan fingerprint density at radius 1 is 1.03 bits per heavy atom. The Hall–Kier alpha value is -3.79. The van der Waals surface area contributed by atoms with Crippen molar-refractivity contribution in [2.75, 3.05) is 11.9 Å². The summed E-state index contributed by atoms with van der Waals surface area (Å²) in [5, 5.41) is 13.8. The predicted molar refractivity (Wildman–Crippen MR) is 132 cm³/mol. The van der Waals surface area contributed by atoms with Crippen molar-refractivity contribution in [1.29, 1.82) is 0 Å². The van der Waals surface area contributed by atoms with Gasteiger partial charge in [0.15, 0.2) is 11.5 Å². The van der Waals surface area contributed by atoms with Gasteiger partial charge in [-0.25, -0.2) is 19.9 Å². The number of imidazole rings is 1. The molecule has 0 aliphatic rings. The standard InChI is InChI=1S/C23H16Cl2N8O/c1-33(14-6-15-16(25)9-28-20(15)27-8-14)23-18-21(29-10-30-23)32-22(31-18)19(34)11-2-3-17-12(4-11)5-13(24)7-26-17/h2-10,19,34H,1H3,(H,27,28)(H,29,30,31,32). The fraction of sp³-hybridized carbons (Fsp3) is 0.0870. The molecule has 0 spiro atoms. The molecule has 0 aliphatic carbocycles. The summed E-state index contributed by atoms with van der Waals surface area (Å²) in [7, 11) is 1.86. The van der Waals surface area contributed by atoms with E-state index in [1.165, 1.54) is 6.33 Å². The van der Waals surface area contributed by atoms with Crippen molar-refractivity contribution in [3.05, 3.63) is 76.7 Å². The highest BCUT2D eigenvalue weighted by Gasteiger charge is 2.20. The van der Waals surface area contributed by atoms with Crippen molar-refractivity contribution in [3.8, 4) is 0 Å². The van der Waals surface area contributed by atoms with Gasteiger partial charge >= 0.3 is 0 Å². The van der Waals surface area contributed by atoms with Crippen LogP contribution in [0.15, 0.2) is 55.2 Å². The van der Waals surface area contributed by atoms with Crippen molar-refractivity contribution >= 4 is 67.8 Å². The number of hydrogen-bond donors (Lipinski definition) is 3. The van der Waals surface area contributed by atoms with Gasteiger partial charge in [0, 0.05) is 30.2 Å². The molecule has 11 heteroatoms. The van der Waals surface area contributed by atoms with E-state index in [1.54, 1.807) is 30.7 Å². The highest BCUT2D eigenvalue weighted by molar-refractivity contribution is 6.35. The maximum atomic E-state index is 11.1. The molecule has 3 N–H and O–H groups in total. The lowest BCUT2D eigenvalue weighted by Crippen LogP contribution is -2.12. The Balaban J connectivity index is 1.39. The number of pyridine rings is 2. The van der Waals surface area contributed by atoms with E-state index >= 15 is 0 Å². The van der Waals surface area contributed by atoms with Crippen LogP contribution in [0.5, 0.6) is 0 Å². The first-order valence-electron chi connectivity index (χ1n) is 10.3. The minimum Gasteiger partial charge on any atom is -0.380 e. The molecule has 0 saturated carbocycles. The van der Waals surface area contributed by atoms with E-state index < -0.39 is 6.10 Å². The molecular weight excluding hydrogens is 475 g/mol. The maximum absolute atomic E-state index is 11.1. The molecule has 1 atom stereocenters. The summed E-state index contributed by atoms with van der Waals surface area (Å²) in [6.45, 7) is 0. The molecule has 0 aliphatic heterocycles. The van der Waals surface area contributed by atoms with Crippen molar-refractivity contribution in [2.45, 2.75) is 6.10 Å². The van der Waals surface area contributed by atoms with E-state index in [-0.39, 0.29) is 0 Å². The lowest BCUT2D eigenvalue weighted by Gasteiger charge is -2.18. The van der Waals surface area contributed by atoms with Gasteiger partial charge in [-0.2, -0.15) is 0 Å². The number of H-pyrrole nitrogens is 2. The number of halogens is 2. The van der Waals surface area contributed by atoms with Crippen LogP contribution in [0.2, 0.25) is 10.0 Å². The Labute approximate surface area is 202 Å². The number of nitrogens with zero attached hydrogens (tertiary/aromatic N) is 6. The number of nitrogens with one attached hydrogen (secondary N) is 2. The Morgan fingerprint density at radius 2 is 1.91 bits per heavy atom. The Kier molecular flexibility index (Phi) is 4.84. The normalized spacial score (nSPS) is 12.6. The zero-order valence-electron chi connectivity index (χ0n) is 17.7. The second-order valence-electron chi connectivity index (χ2n) is 7.81. The lowest BCUT2D eigenvalue weighted by atomic mass is 10.1. The lowest BCUT2D eigenvalue weighted by molar-refractivity contribution is 0.211. The van der Waals surface area contributed by atoms with Gasteiger partial charge in [0.05, 0.1) is 27.4 Å². The van der Waals surface area contributed by atoms with Crippen LogP contribution in [-0.2, 0) is 0 Å². The summed E-state index contributed by atoms with van der Waals surface area (Å²) >= 11 is 12.3. The fourth-order valence-corrected chi connectivity index (χ4v) is 4.30. The van der Waals surface area contributed by atoms with Crippen molar-refractivity contribution in [1.82, 2.24) is 34.9 Å². The Morgan fingerprint density at radius 3 is 2.79 bits per heavy atom. The highest BCUT2D eigenvalue weighted by Crippen LogP contribution is 2.32. The average molecular weight is 491 g/mol. The number of aromatic amines is 2. The number of hydrogen-bond acceptors (Lipinski definition) is 7. The van der Waals surface area contributed by atoms with Crippen LogP contribution in [0.25, 0.3) is 33.1 Å². The topological polar surface area (TPSA) is 120 Å². The van der Waals surface area contributed by atoms with Gasteiger partial charge in [-0.15, -0.1) is 0 Å². The molecule has 0 bridgehead atoms. The molecular formula is C23H16Cl2N8O. The number of aliphatic hydroxyl groups is 1. The van der Waals surface area contributed by atoms with Crippen molar-refractivity contribution in [3.63, 3.8) is 0 Å². The average Bonchev–Trinajstić information content (AvgIpc) is 3.46. The third-order valence-corrected chi connectivity index (χ3v) is 6.22. The first kappa shape index (κ1) is 20.8. The number of aliphatic hydroxyl groups excluding tert-OH is 1. The number of benzene rings is 1. The van der Waals surface area contributed by atoms with E-state index in [1.807, 2.05) is 30.1 Å². The summed E-state index contributed by atoms with van der Waals surface area (Å²) in [6.07, 6.45) is 5.44. The summed E-state index contributed by atoms with van der Waals surface area (Å²) in [5.74, 6) is 0.931. The number of fused-ring (bicyclic) bond motifs is 3. The van der Waals surface area contributed by atoms with Crippen LogP contribution in [-0.4, -0.2) is 47.0 Å². The first-order valence-corrected chi connectivity index (χ1v) is 11.0. The zero-order valence-corrected chi connectivity index (χ0v) is 19.2. The second-order valence-corrected chi connectivity index (χ2v) is 8.66. The van der Waals surface area contributed by atoms with Gasteiger partial charge in [-0.05, 0) is 29.8 Å². The highest BCUT2D eigenvalue weighted by atomic mass is 35.5. The molecule has 168 valence electrons. The smallest absolute Gasteiger partial charge is 0.183 e. The minimum absolute atomic E-state index is 0.349. The first-order chi connectivity index (χ1) is 16.5. The van der Waals surface area contributed by atoms with Crippen LogP contribution < -0.4 is 4.90 Å². The van der Waals surface area contributed by atoms with Crippen LogP contribution in [0.1, 0.15) is 17.5 Å². The maximum Gasteiger partial charge on any atom is 0.183 e. The summed E-state index contributed by atoms with van der Waals surface area (Å²) in [5.41, 5.74) is 3.94. The van der Waals surface area contributed by atoms with Gasteiger partial charge in [-0.1, -0.05) is 29.3 Å². The molecule has 9 nitrogen and oxygen atoms in total. The monoisotopic (exact) mass is 490 g/mol. The van der Waals surface area contributed by atoms with E-state index in [0.717, 1.165) is 22.0 Å². The molecule has 5 aromatic heterocycles.